The molecule has 1 amide bonds. The molecule has 0 radical (unpaired) electrons. The fourth-order valence-corrected chi connectivity index (χ4v) is 3.54. The summed E-state index contributed by atoms with van der Waals surface area (Å²) >= 11 is 3.45. The van der Waals surface area contributed by atoms with Crippen molar-refractivity contribution in [2.75, 3.05) is 29.4 Å². The predicted octanol–water partition coefficient (Wildman–Crippen LogP) is 3.32. The molecule has 2 aliphatic heterocycles. The maximum atomic E-state index is 14.3. The SMILES string of the molecule is O=C1CC(Br)CN1c1ccc(N2CCCCC2)c(F)c1. The third kappa shape index (κ3) is 2.68. The first-order chi connectivity index (χ1) is 9.65. The van der Waals surface area contributed by atoms with Gasteiger partial charge in [0.25, 0.3) is 0 Å². The first-order valence-corrected chi connectivity index (χ1v) is 8.05. The molecule has 0 aromatic heterocycles. The summed E-state index contributed by atoms with van der Waals surface area (Å²) in [6.07, 6.45) is 3.95. The highest BCUT2D eigenvalue weighted by Gasteiger charge is 2.29. The van der Waals surface area contributed by atoms with E-state index in [2.05, 4.69) is 20.8 Å². The molecule has 3 rings (SSSR count). The largest absolute Gasteiger partial charge is 0.369 e. The monoisotopic (exact) mass is 340 g/mol. The van der Waals surface area contributed by atoms with E-state index in [1.165, 1.54) is 12.5 Å². The number of rotatable bonds is 2. The molecule has 2 fully saturated rings. The first-order valence-electron chi connectivity index (χ1n) is 7.14. The Morgan fingerprint density at radius 1 is 1.20 bits per heavy atom. The molecule has 3 nitrogen and oxygen atoms in total. The highest BCUT2D eigenvalue weighted by molar-refractivity contribution is 9.09. The molecule has 2 aliphatic rings. The highest BCUT2D eigenvalue weighted by atomic mass is 79.9. The summed E-state index contributed by atoms with van der Waals surface area (Å²) in [5.41, 5.74) is 1.32. The van der Waals surface area contributed by atoms with Crippen LogP contribution in [-0.2, 0) is 4.79 Å². The summed E-state index contributed by atoms with van der Waals surface area (Å²) in [5.74, 6) is -0.174. The van der Waals surface area contributed by atoms with E-state index in [9.17, 15) is 9.18 Å². The van der Waals surface area contributed by atoms with Crippen LogP contribution in [0, 0.1) is 5.82 Å². The number of nitrogens with zero attached hydrogens (tertiary/aromatic N) is 2. The average molecular weight is 341 g/mol. The molecule has 1 unspecified atom stereocenters. The maximum Gasteiger partial charge on any atom is 0.228 e. The van der Waals surface area contributed by atoms with Crippen LogP contribution in [0.5, 0.6) is 0 Å². The fourth-order valence-electron chi connectivity index (χ4n) is 2.97. The van der Waals surface area contributed by atoms with Crippen LogP contribution in [0.3, 0.4) is 0 Å². The van der Waals surface area contributed by atoms with Crippen molar-refractivity contribution in [2.45, 2.75) is 30.5 Å². The van der Waals surface area contributed by atoms with Gasteiger partial charge in [-0.2, -0.15) is 0 Å². The number of carbonyl (C=O) groups is 1. The molecule has 2 saturated heterocycles. The highest BCUT2D eigenvalue weighted by Crippen LogP contribution is 2.30. The Balaban J connectivity index is 1.82. The lowest BCUT2D eigenvalue weighted by Crippen LogP contribution is -2.30. The topological polar surface area (TPSA) is 23.6 Å². The van der Waals surface area contributed by atoms with Crippen molar-refractivity contribution < 1.29 is 9.18 Å². The number of hydrogen-bond donors (Lipinski definition) is 0. The summed E-state index contributed by atoms with van der Waals surface area (Å²) in [5, 5.41) is 0. The number of benzene rings is 1. The van der Waals surface area contributed by atoms with E-state index >= 15 is 0 Å². The van der Waals surface area contributed by atoms with Crippen molar-refractivity contribution >= 4 is 33.2 Å². The van der Waals surface area contributed by atoms with Gasteiger partial charge in [-0.05, 0) is 37.5 Å². The fraction of sp³-hybridized carbons (Fsp3) is 0.533. The zero-order valence-electron chi connectivity index (χ0n) is 11.3. The summed E-state index contributed by atoms with van der Waals surface area (Å²) in [7, 11) is 0. The van der Waals surface area contributed by atoms with Crippen LogP contribution >= 0.6 is 15.9 Å². The lowest BCUT2D eigenvalue weighted by molar-refractivity contribution is -0.117. The van der Waals surface area contributed by atoms with Gasteiger partial charge in [0.1, 0.15) is 5.82 Å². The van der Waals surface area contributed by atoms with Crippen LogP contribution < -0.4 is 9.80 Å². The molecular formula is C15H18BrFN2O. The second-order valence-electron chi connectivity index (χ2n) is 5.49. The number of carbonyl (C=O) groups excluding carboxylic acids is 1. The Labute approximate surface area is 126 Å². The number of piperidine rings is 1. The zero-order valence-corrected chi connectivity index (χ0v) is 12.9. The van der Waals surface area contributed by atoms with Gasteiger partial charge in [0.2, 0.25) is 5.91 Å². The van der Waals surface area contributed by atoms with Crippen LogP contribution in [-0.4, -0.2) is 30.4 Å². The third-order valence-corrected chi connectivity index (χ3v) is 4.63. The number of alkyl halides is 1. The van der Waals surface area contributed by atoms with Crippen molar-refractivity contribution in [2.24, 2.45) is 0 Å². The van der Waals surface area contributed by atoms with Crippen LogP contribution in [0.2, 0.25) is 0 Å². The minimum atomic E-state index is -0.227. The summed E-state index contributed by atoms with van der Waals surface area (Å²) in [6.45, 7) is 2.45. The molecule has 0 aliphatic carbocycles. The Kier molecular flexibility index (Phi) is 3.96. The van der Waals surface area contributed by atoms with Crippen molar-refractivity contribution in [3.05, 3.63) is 24.0 Å². The Hall–Kier alpha value is -1.10. The Morgan fingerprint density at radius 3 is 2.55 bits per heavy atom. The minimum absolute atomic E-state index is 0.0528. The van der Waals surface area contributed by atoms with Gasteiger partial charge in [-0.3, -0.25) is 4.79 Å². The molecular weight excluding hydrogens is 323 g/mol. The normalized spacial score (nSPS) is 23.5. The minimum Gasteiger partial charge on any atom is -0.369 e. The van der Waals surface area contributed by atoms with E-state index in [1.807, 2.05) is 12.1 Å². The quantitative estimate of drug-likeness (QED) is 0.771. The molecule has 1 aromatic carbocycles. The van der Waals surface area contributed by atoms with Crippen LogP contribution in [0.1, 0.15) is 25.7 Å². The molecule has 20 heavy (non-hydrogen) atoms. The van der Waals surface area contributed by atoms with Crippen molar-refractivity contribution in [1.29, 1.82) is 0 Å². The molecule has 0 spiro atoms. The van der Waals surface area contributed by atoms with Gasteiger partial charge in [-0.25, -0.2) is 4.39 Å². The van der Waals surface area contributed by atoms with Gasteiger partial charge in [-0.1, -0.05) is 15.9 Å². The average Bonchev–Trinajstić information content (AvgIpc) is 2.78. The molecule has 5 heteroatoms. The first kappa shape index (κ1) is 13.9. The Bertz CT molecular complexity index is 517. The molecule has 1 atom stereocenters. The molecule has 0 bridgehead atoms. The van der Waals surface area contributed by atoms with Gasteiger partial charge in [0, 0.05) is 36.6 Å². The molecule has 0 N–H and O–H groups in total. The van der Waals surface area contributed by atoms with Gasteiger partial charge in [0.15, 0.2) is 0 Å². The van der Waals surface area contributed by atoms with E-state index in [1.54, 1.807) is 4.90 Å². The van der Waals surface area contributed by atoms with Crippen molar-refractivity contribution in [3.8, 4) is 0 Å². The van der Waals surface area contributed by atoms with E-state index in [4.69, 9.17) is 0 Å². The van der Waals surface area contributed by atoms with E-state index < -0.39 is 0 Å². The van der Waals surface area contributed by atoms with E-state index in [0.29, 0.717) is 24.3 Å². The van der Waals surface area contributed by atoms with E-state index in [-0.39, 0.29) is 16.6 Å². The number of halogens is 2. The van der Waals surface area contributed by atoms with Crippen LogP contribution in [0.25, 0.3) is 0 Å². The summed E-state index contributed by atoms with van der Waals surface area (Å²) in [4.78, 5) is 15.8. The second kappa shape index (κ2) is 5.72. The van der Waals surface area contributed by atoms with Crippen LogP contribution in [0.4, 0.5) is 15.8 Å². The smallest absolute Gasteiger partial charge is 0.228 e. The van der Waals surface area contributed by atoms with Crippen LogP contribution in [0.15, 0.2) is 18.2 Å². The summed E-state index contributed by atoms with van der Waals surface area (Å²) in [6, 6.07) is 5.16. The second-order valence-corrected chi connectivity index (χ2v) is 6.78. The molecule has 0 saturated carbocycles. The van der Waals surface area contributed by atoms with Gasteiger partial charge in [-0.15, -0.1) is 0 Å². The molecule has 108 valence electrons. The number of anilines is 2. The predicted molar refractivity (Wildman–Crippen MR) is 82.1 cm³/mol. The van der Waals surface area contributed by atoms with Gasteiger partial charge < -0.3 is 9.80 Å². The number of hydrogen-bond acceptors (Lipinski definition) is 2. The standard InChI is InChI=1S/C15H18BrFN2O/c16-11-8-15(20)19(10-11)12-4-5-14(13(17)9-12)18-6-2-1-3-7-18/h4-5,9,11H,1-3,6-8,10H2. The molecule has 2 heterocycles. The zero-order chi connectivity index (χ0) is 14.1. The summed E-state index contributed by atoms with van der Waals surface area (Å²) < 4.78 is 14.3. The maximum absolute atomic E-state index is 14.3. The molecule has 1 aromatic rings. The number of amides is 1. The lowest BCUT2D eigenvalue weighted by atomic mass is 10.1. The van der Waals surface area contributed by atoms with Gasteiger partial charge in [0.05, 0.1) is 5.69 Å². The van der Waals surface area contributed by atoms with E-state index in [0.717, 1.165) is 25.9 Å². The van der Waals surface area contributed by atoms with Crippen molar-refractivity contribution in [1.82, 2.24) is 0 Å². The Morgan fingerprint density at radius 2 is 1.95 bits per heavy atom. The third-order valence-electron chi connectivity index (χ3n) is 4.02. The van der Waals surface area contributed by atoms with Gasteiger partial charge >= 0.3 is 0 Å². The van der Waals surface area contributed by atoms with Crippen molar-refractivity contribution in [3.63, 3.8) is 0 Å². The lowest BCUT2D eigenvalue weighted by Gasteiger charge is -2.29.